The maximum atomic E-state index is 12.9. The molecule has 3 N–H and O–H groups in total. The second-order valence-corrected chi connectivity index (χ2v) is 7.58. The van der Waals surface area contributed by atoms with E-state index in [0.29, 0.717) is 23.6 Å². The number of carbonyl (C=O) groups excluding carboxylic acids is 1. The molecule has 0 unspecified atom stereocenters. The molecule has 13 heteroatoms. The van der Waals surface area contributed by atoms with Gasteiger partial charge in [0.1, 0.15) is 5.82 Å². The summed E-state index contributed by atoms with van der Waals surface area (Å²) in [6, 6.07) is 3.79. The van der Waals surface area contributed by atoms with Crippen LogP contribution in [0.5, 0.6) is 0 Å². The number of hydrogen-bond donors (Lipinski definition) is 3. The normalized spacial score (nSPS) is 10.6. The number of carboxylic acids is 2. The Bertz CT molecular complexity index is 661. The van der Waals surface area contributed by atoms with E-state index in [2.05, 4.69) is 5.32 Å². The van der Waals surface area contributed by atoms with Crippen LogP contribution in [0.15, 0.2) is 18.2 Å². The van der Waals surface area contributed by atoms with Crippen LogP contribution in [-0.2, 0) is 9.59 Å². The molecule has 0 heterocycles. The first-order chi connectivity index (χ1) is 12.4. The highest BCUT2D eigenvalue weighted by Gasteiger charge is 2.38. The molecule has 1 amide bonds. The minimum Gasteiger partial charge on any atom is -0.481 e. The lowest BCUT2D eigenvalue weighted by molar-refractivity contribution is -0.192. The van der Waals surface area contributed by atoms with Crippen molar-refractivity contribution < 1.29 is 42.2 Å². The van der Waals surface area contributed by atoms with E-state index in [4.69, 9.17) is 26.6 Å². The van der Waals surface area contributed by atoms with Crippen molar-refractivity contribution in [2.75, 3.05) is 18.1 Å². The van der Waals surface area contributed by atoms with Gasteiger partial charge in [-0.05, 0) is 18.2 Å². The van der Waals surface area contributed by atoms with E-state index < -0.39 is 23.9 Å². The summed E-state index contributed by atoms with van der Waals surface area (Å²) < 4.78 is 44.7. The fourth-order valence-electron chi connectivity index (χ4n) is 1.19. The number of carbonyl (C=O) groups is 3. The van der Waals surface area contributed by atoms with Gasteiger partial charge >= 0.3 is 18.1 Å². The summed E-state index contributed by atoms with van der Waals surface area (Å²) in [5.41, 5.74) is 0.305. The van der Waals surface area contributed by atoms with Gasteiger partial charge in [-0.3, -0.25) is 9.59 Å². The van der Waals surface area contributed by atoms with Gasteiger partial charge in [0.25, 0.3) is 5.91 Å². The van der Waals surface area contributed by atoms with Gasteiger partial charge in [-0.25, -0.2) is 9.18 Å². The molecule has 1 aromatic carbocycles. The first-order valence-corrected chi connectivity index (χ1v) is 9.81. The molecular formula is C14H14ClF4NO5S2. The molecule has 1 rings (SSSR count). The molecular weight excluding hydrogens is 438 g/mol. The lowest BCUT2D eigenvalue weighted by Gasteiger charge is -2.05. The van der Waals surface area contributed by atoms with Crippen LogP contribution < -0.4 is 5.32 Å². The molecule has 27 heavy (non-hydrogen) atoms. The Labute approximate surface area is 164 Å². The molecule has 0 atom stereocenters. The largest absolute Gasteiger partial charge is 0.490 e. The van der Waals surface area contributed by atoms with Gasteiger partial charge in [-0.15, -0.1) is 0 Å². The van der Waals surface area contributed by atoms with Gasteiger partial charge in [0, 0.05) is 23.6 Å². The number of carboxylic acid groups (broad SMARTS) is 2. The molecule has 0 aliphatic carbocycles. The van der Waals surface area contributed by atoms with Crippen molar-refractivity contribution in [3.63, 3.8) is 0 Å². The summed E-state index contributed by atoms with van der Waals surface area (Å²) >= 11 is 5.59. The molecule has 0 spiro atoms. The van der Waals surface area contributed by atoms with Gasteiger partial charge < -0.3 is 15.5 Å². The molecule has 0 aromatic heterocycles. The summed E-state index contributed by atoms with van der Waals surface area (Å²) in [7, 11) is 2.94. The predicted molar refractivity (Wildman–Crippen MR) is 94.6 cm³/mol. The van der Waals surface area contributed by atoms with E-state index in [0.717, 1.165) is 6.07 Å². The van der Waals surface area contributed by atoms with Gasteiger partial charge in [0.15, 0.2) is 0 Å². The summed E-state index contributed by atoms with van der Waals surface area (Å²) in [6.07, 6.45) is -4.96. The number of alkyl halides is 3. The summed E-state index contributed by atoms with van der Waals surface area (Å²) in [5.74, 6) is -3.27. The average Bonchev–Trinajstić information content (AvgIpc) is 2.55. The first kappa shape index (κ1) is 25.3. The standard InChI is InChI=1S/C12H13ClFNO3S2.C2HF3O2/c13-9-7-8(1-2-10(9)14)12(18)15-4-6-20-19-5-3-11(16)17;3-2(4,5)1(6)7/h1-2,7H,3-6H2,(H,15,18)(H,16,17);(H,6,7). The Morgan fingerprint density at radius 3 is 2.15 bits per heavy atom. The maximum absolute atomic E-state index is 12.9. The lowest BCUT2D eigenvalue weighted by atomic mass is 10.2. The Morgan fingerprint density at radius 2 is 1.67 bits per heavy atom. The molecule has 0 radical (unpaired) electrons. The maximum Gasteiger partial charge on any atom is 0.490 e. The number of halogens is 5. The highest BCUT2D eigenvalue weighted by molar-refractivity contribution is 8.76. The summed E-state index contributed by atoms with van der Waals surface area (Å²) in [6.45, 7) is 0.443. The van der Waals surface area contributed by atoms with Crippen LogP contribution in [0.1, 0.15) is 16.8 Å². The second kappa shape index (κ2) is 12.7. The highest BCUT2D eigenvalue weighted by atomic mass is 35.5. The predicted octanol–water partition coefficient (Wildman–Crippen LogP) is 3.70. The third kappa shape index (κ3) is 12.4. The fraction of sp³-hybridized carbons (Fsp3) is 0.357. The number of hydrogen-bond acceptors (Lipinski definition) is 5. The van der Waals surface area contributed by atoms with Crippen LogP contribution in [0.25, 0.3) is 0 Å². The number of aliphatic carboxylic acids is 2. The van der Waals surface area contributed by atoms with E-state index in [1.54, 1.807) is 0 Å². The number of amides is 1. The minimum absolute atomic E-state index is 0.0868. The molecule has 0 fully saturated rings. The molecule has 0 aliphatic rings. The van der Waals surface area contributed by atoms with E-state index in [1.807, 2.05) is 0 Å². The number of benzene rings is 1. The van der Waals surface area contributed by atoms with Crippen molar-refractivity contribution in [1.29, 1.82) is 0 Å². The third-order valence-electron chi connectivity index (χ3n) is 2.38. The van der Waals surface area contributed by atoms with Crippen LogP contribution in [-0.4, -0.2) is 52.3 Å². The van der Waals surface area contributed by atoms with Crippen LogP contribution in [0.3, 0.4) is 0 Å². The van der Waals surface area contributed by atoms with E-state index in [-0.39, 0.29) is 17.4 Å². The summed E-state index contributed by atoms with van der Waals surface area (Å²) in [4.78, 5) is 30.9. The Kier molecular flexibility index (Phi) is 11.9. The molecule has 152 valence electrons. The van der Waals surface area contributed by atoms with E-state index >= 15 is 0 Å². The Balaban J connectivity index is 0.000000821. The van der Waals surface area contributed by atoms with Crippen LogP contribution >= 0.6 is 33.2 Å². The number of rotatable bonds is 8. The first-order valence-electron chi connectivity index (χ1n) is 6.94. The minimum atomic E-state index is -5.08. The molecule has 0 aliphatic heterocycles. The van der Waals surface area contributed by atoms with E-state index in [9.17, 15) is 27.2 Å². The van der Waals surface area contributed by atoms with Gasteiger partial charge in [-0.2, -0.15) is 13.2 Å². The zero-order valence-electron chi connectivity index (χ0n) is 13.4. The molecule has 1 aromatic rings. The average molecular weight is 452 g/mol. The van der Waals surface area contributed by atoms with Crippen molar-refractivity contribution in [3.05, 3.63) is 34.6 Å². The highest BCUT2D eigenvalue weighted by Crippen LogP contribution is 2.21. The van der Waals surface area contributed by atoms with Crippen molar-refractivity contribution in [3.8, 4) is 0 Å². The molecule has 0 bridgehead atoms. The Morgan fingerprint density at radius 1 is 1.11 bits per heavy atom. The van der Waals surface area contributed by atoms with Gasteiger partial charge in [0.2, 0.25) is 0 Å². The van der Waals surface area contributed by atoms with Crippen molar-refractivity contribution in [2.45, 2.75) is 12.6 Å². The lowest BCUT2D eigenvalue weighted by Crippen LogP contribution is -2.25. The second-order valence-electron chi connectivity index (χ2n) is 4.48. The quantitative estimate of drug-likeness (QED) is 0.314. The SMILES string of the molecule is O=C(O)C(F)(F)F.O=C(O)CCSSCCNC(=O)c1ccc(F)c(Cl)c1. The Hall–Kier alpha value is -1.66. The summed E-state index contributed by atoms with van der Waals surface area (Å²) in [5, 5.41) is 18.2. The fourth-order valence-corrected chi connectivity index (χ4v) is 3.26. The molecule has 0 saturated carbocycles. The van der Waals surface area contributed by atoms with Crippen molar-refractivity contribution in [2.24, 2.45) is 0 Å². The van der Waals surface area contributed by atoms with Crippen molar-refractivity contribution >= 4 is 51.0 Å². The third-order valence-corrected chi connectivity index (χ3v) is 5.08. The van der Waals surface area contributed by atoms with Gasteiger partial charge in [-0.1, -0.05) is 33.2 Å². The van der Waals surface area contributed by atoms with Crippen LogP contribution in [0, 0.1) is 5.82 Å². The van der Waals surface area contributed by atoms with Crippen LogP contribution in [0.4, 0.5) is 17.6 Å². The van der Waals surface area contributed by atoms with E-state index in [1.165, 1.54) is 33.7 Å². The zero-order valence-corrected chi connectivity index (χ0v) is 15.8. The topological polar surface area (TPSA) is 104 Å². The number of nitrogens with one attached hydrogen (secondary N) is 1. The molecule has 0 saturated heterocycles. The zero-order chi connectivity index (χ0) is 21.0. The van der Waals surface area contributed by atoms with Gasteiger partial charge in [0.05, 0.1) is 11.4 Å². The molecule has 6 nitrogen and oxygen atoms in total. The van der Waals surface area contributed by atoms with Crippen molar-refractivity contribution in [1.82, 2.24) is 5.32 Å². The van der Waals surface area contributed by atoms with Crippen LogP contribution in [0.2, 0.25) is 5.02 Å². The smallest absolute Gasteiger partial charge is 0.481 e. The monoisotopic (exact) mass is 451 g/mol.